The number of halogens is 1. The molecule has 1 aromatic carbocycles. The Kier molecular flexibility index (Phi) is 5.22. The molecule has 3 rings (SSSR count). The zero-order valence-corrected chi connectivity index (χ0v) is 14.5. The summed E-state index contributed by atoms with van der Waals surface area (Å²) >= 11 is 0. The largest absolute Gasteiger partial charge is 0.370 e. The van der Waals surface area contributed by atoms with Gasteiger partial charge < -0.3 is 20.3 Å². The predicted molar refractivity (Wildman–Crippen MR) is 90.3 cm³/mol. The molecule has 0 spiro atoms. The Labute approximate surface area is 146 Å². The first-order valence-electron chi connectivity index (χ1n) is 8.65. The highest BCUT2D eigenvalue weighted by Gasteiger charge is 2.45. The molecule has 1 aromatic rings. The Morgan fingerprint density at radius 3 is 2.88 bits per heavy atom. The lowest BCUT2D eigenvalue weighted by Crippen LogP contribution is -2.51. The number of nitrogens with zero attached hydrogens (tertiary/aromatic N) is 1. The Morgan fingerprint density at radius 2 is 2.16 bits per heavy atom. The number of ether oxygens (including phenoxy) is 1. The fraction of sp³-hybridized carbons (Fsp3) is 0.556. The zero-order valence-electron chi connectivity index (χ0n) is 14.5. The topological polar surface area (TPSA) is 70.7 Å². The number of hydrogen-bond acceptors (Lipinski definition) is 3. The van der Waals surface area contributed by atoms with Crippen molar-refractivity contribution in [2.24, 2.45) is 5.92 Å². The molecule has 2 heterocycles. The minimum atomic E-state index is -0.324. The molecule has 2 bridgehead atoms. The monoisotopic (exact) mass is 349 g/mol. The molecule has 2 aliphatic heterocycles. The van der Waals surface area contributed by atoms with Crippen LogP contribution in [0.5, 0.6) is 0 Å². The number of benzene rings is 1. The maximum absolute atomic E-state index is 13.2. The van der Waals surface area contributed by atoms with Gasteiger partial charge >= 0.3 is 6.03 Å². The van der Waals surface area contributed by atoms with Gasteiger partial charge in [0.05, 0.1) is 18.1 Å². The standard InChI is InChI=1S/C18H24FN3O3/c1-11(2)21-17(23)15-7-14-9-22(10-16(15)25-14)18(24)20-8-12-4-3-5-13(19)6-12/h3-6,11,14-16H,7-10H2,1-2H3,(H,20,24)(H,21,23)/t14-,15+,16-/m1/s1. The van der Waals surface area contributed by atoms with Crippen LogP contribution in [-0.4, -0.2) is 48.2 Å². The summed E-state index contributed by atoms with van der Waals surface area (Å²) in [6, 6.07) is 6.01. The van der Waals surface area contributed by atoms with Crippen molar-refractivity contribution < 1.29 is 18.7 Å². The van der Waals surface area contributed by atoms with Crippen molar-refractivity contribution in [2.45, 2.75) is 45.1 Å². The lowest BCUT2D eigenvalue weighted by molar-refractivity contribution is -0.128. The van der Waals surface area contributed by atoms with Crippen molar-refractivity contribution in [3.63, 3.8) is 0 Å². The summed E-state index contributed by atoms with van der Waals surface area (Å²) < 4.78 is 19.0. The van der Waals surface area contributed by atoms with E-state index in [0.717, 1.165) is 0 Å². The SMILES string of the molecule is CC(C)NC(=O)[C@H]1C[C@@H]2CN(C(=O)NCc3cccc(F)c3)C[C@H]1O2. The third-order valence-corrected chi connectivity index (χ3v) is 4.54. The maximum Gasteiger partial charge on any atom is 0.317 e. The van der Waals surface area contributed by atoms with E-state index in [2.05, 4.69) is 10.6 Å². The van der Waals surface area contributed by atoms with Crippen molar-refractivity contribution in [3.8, 4) is 0 Å². The smallest absolute Gasteiger partial charge is 0.317 e. The van der Waals surface area contributed by atoms with E-state index >= 15 is 0 Å². The van der Waals surface area contributed by atoms with Crippen LogP contribution in [-0.2, 0) is 16.1 Å². The third-order valence-electron chi connectivity index (χ3n) is 4.54. The van der Waals surface area contributed by atoms with Gasteiger partial charge in [-0.3, -0.25) is 4.79 Å². The normalized spacial score (nSPS) is 25.1. The fourth-order valence-corrected chi connectivity index (χ4v) is 3.43. The molecule has 0 radical (unpaired) electrons. The molecular formula is C18H24FN3O3. The molecule has 7 heteroatoms. The number of carbonyl (C=O) groups is 2. The molecular weight excluding hydrogens is 325 g/mol. The molecule has 25 heavy (non-hydrogen) atoms. The Balaban J connectivity index is 1.54. The Morgan fingerprint density at radius 1 is 1.36 bits per heavy atom. The maximum atomic E-state index is 13.2. The van der Waals surface area contributed by atoms with Crippen LogP contribution in [0.15, 0.2) is 24.3 Å². The number of amides is 3. The second-order valence-electron chi connectivity index (χ2n) is 7.00. The Bertz CT molecular complexity index is 652. The summed E-state index contributed by atoms with van der Waals surface area (Å²) in [5, 5.41) is 5.73. The van der Waals surface area contributed by atoms with Gasteiger partial charge in [-0.25, -0.2) is 9.18 Å². The van der Waals surface area contributed by atoms with Gasteiger partial charge in [-0.1, -0.05) is 12.1 Å². The van der Waals surface area contributed by atoms with Crippen LogP contribution in [0.25, 0.3) is 0 Å². The van der Waals surface area contributed by atoms with E-state index in [1.807, 2.05) is 13.8 Å². The number of morpholine rings is 1. The van der Waals surface area contributed by atoms with Gasteiger partial charge in [-0.05, 0) is 38.0 Å². The first-order valence-corrected chi connectivity index (χ1v) is 8.65. The van der Waals surface area contributed by atoms with Gasteiger partial charge in [0.2, 0.25) is 5.91 Å². The number of carbonyl (C=O) groups excluding carboxylic acids is 2. The van der Waals surface area contributed by atoms with Crippen LogP contribution in [0.3, 0.4) is 0 Å². The van der Waals surface area contributed by atoms with E-state index in [1.165, 1.54) is 12.1 Å². The van der Waals surface area contributed by atoms with Gasteiger partial charge in [-0.15, -0.1) is 0 Å². The highest BCUT2D eigenvalue weighted by molar-refractivity contribution is 5.80. The minimum absolute atomic E-state index is 0.00970. The molecule has 0 aromatic heterocycles. The number of hydrogen-bond donors (Lipinski definition) is 2. The average molecular weight is 349 g/mol. The number of urea groups is 1. The lowest BCUT2D eigenvalue weighted by atomic mass is 9.99. The van der Waals surface area contributed by atoms with E-state index < -0.39 is 0 Å². The molecule has 0 aliphatic carbocycles. The van der Waals surface area contributed by atoms with Gasteiger partial charge in [0.25, 0.3) is 0 Å². The summed E-state index contributed by atoms with van der Waals surface area (Å²) in [6.07, 6.45) is 0.260. The number of likely N-dealkylation sites (tertiary alicyclic amines) is 1. The molecule has 3 amide bonds. The molecule has 2 fully saturated rings. The number of rotatable bonds is 4. The summed E-state index contributed by atoms with van der Waals surface area (Å²) in [7, 11) is 0. The average Bonchev–Trinajstić information content (AvgIpc) is 2.86. The summed E-state index contributed by atoms with van der Waals surface area (Å²) in [4.78, 5) is 26.3. The van der Waals surface area contributed by atoms with E-state index in [4.69, 9.17) is 4.74 Å². The summed E-state index contributed by atoms with van der Waals surface area (Å²) in [5.41, 5.74) is 0.707. The third kappa shape index (κ3) is 4.28. The number of nitrogens with one attached hydrogen (secondary N) is 2. The first-order chi connectivity index (χ1) is 11.9. The van der Waals surface area contributed by atoms with Crippen molar-refractivity contribution in [2.75, 3.05) is 13.1 Å². The zero-order chi connectivity index (χ0) is 18.0. The van der Waals surface area contributed by atoms with Gasteiger partial charge in [0.1, 0.15) is 5.82 Å². The van der Waals surface area contributed by atoms with Crippen LogP contribution in [0, 0.1) is 11.7 Å². The molecule has 3 atom stereocenters. The van der Waals surface area contributed by atoms with Crippen molar-refractivity contribution >= 4 is 11.9 Å². The van der Waals surface area contributed by atoms with Gasteiger partial charge in [0.15, 0.2) is 0 Å². The van der Waals surface area contributed by atoms with Crippen LogP contribution >= 0.6 is 0 Å². The molecule has 2 N–H and O–H groups in total. The van der Waals surface area contributed by atoms with Gasteiger partial charge in [-0.2, -0.15) is 0 Å². The second kappa shape index (κ2) is 7.39. The van der Waals surface area contributed by atoms with Crippen molar-refractivity contribution in [3.05, 3.63) is 35.6 Å². The fourth-order valence-electron chi connectivity index (χ4n) is 3.43. The van der Waals surface area contributed by atoms with Crippen LogP contribution < -0.4 is 10.6 Å². The molecule has 0 saturated carbocycles. The molecule has 6 nitrogen and oxygen atoms in total. The quantitative estimate of drug-likeness (QED) is 0.868. The number of fused-ring (bicyclic) bond motifs is 2. The molecule has 136 valence electrons. The van der Waals surface area contributed by atoms with E-state index in [0.29, 0.717) is 25.1 Å². The minimum Gasteiger partial charge on any atom is -0.370 e. The second-order valence-corrected chi connectivity index (χ2v) is 7.00. The van der Waals surface area contributed by atoms with Crippen LogP contribution in [0.1, 0.15) is 25.8 Å². The van der Waals surface area contributed by atoms with E-state index in [1.54, 1.807) is 17.0 Å². The van der Waals surface area contributed by atoms with E-state index in [-0.39, 0.29) is 48.5 Å². The van der Waals surface area contributed by atoms with Crippen LogP contribution in [0.2, 0.25) is 0 Å². The van der Waals surface area contributed by atoms with Crippen molar-refractivity contribution in [1.29, 1.82) is 0 Å². The summed E-state index contributed by atoms with van der Waals surface area (Å²) in [6.45, 7) is 4.97. The molecule has 0 unspecified atom stereocenters. The van der Waals surface area contributed by atoms with Crippen LogP contribution in [0.4, 0.5) is 9.18 Å². The highest BCUT2D eigenvalue weighted by Crippen LogP contribution is 2.32. The lowest BCUT2D eigenvalue weighted by Gasteiger charge is -2.32. The molecule has 2 aliphatic rings. The molecule has 2 saturated heterocycles. The Hall–Kier alpha value is -2.15. The first kappa shape index (κ1) is 17.7. The van der Waals surface area contributed by atoms with Crippen molar-refractivity contribution in [1.82, 2.24) is 15.5 Å². The highest BCUT2D eigenvalue weighted by atomic mass is 19.1. The summed E-state index contributed by atoms with van der Waals surface area (Å²) in [5.74, 6) is -0.548. The predicted octanol–water partition coefficient (Wildman–Crippen LogP) is 1.65. The van der Waals surface area contributed by atoms with E-state index in [9.17, 15) is 14.0 Å². The van der Waals surface area contributed by atoms with Gasteiger partial charge in [0, 0.05) is 25.7 Å².